The van der Waals surface area contributed by atoms with Gasteiger partial charge in [-0.2, -0.15) is 0 Å². The second-order valence-electron chi connectivity index (χ2n) is 7.33. The van der Waals surface area contributed by atoms with Crippen molar-refractivity contribution in [3.8, 4) is 0 Å². The first kappa shape index (κ1) is 20.6. The van der Waals surface area contributed by atoms with E-state index in [-0.39, 0.29) is 36.8 Å². The number of Topliss-reactive ketones (excluding diaryl/α,β-unsaturated/α-hetero) is 1. The van der Waals surface area contributed by atoms with Gasteiger partial charge in [-0.15, -0.1) is 0 Å². The van der Waals surface area contributed by atoms with Gasteiger partial charge in [-0.1, -0.05) is 0 Å². The van der Waals surface area contributed by atoms with Crippen LogP contribution in [0.2, 0.25) is 0 Å². The minimum Gasteiger partial charge on any atom is -0.509 e. The number of aryl methyl sites for hydroxylation is 1. The Morgan fingerprint density at radius 1 is 1.41 bits per heavy atom. The quantitative estimate of drug-likeness (QED) is 0.431. The molecule has 2 heterocycles. The zero-order chi connectivity index (χ0) is 20.5. The Kier molecular flexibility index (Phi) is 5.69. The van der Waals surface area contributed by atoms with E-state index in [1.54, 1.807) is 6.92 Å². The molecule has 1 aromatic heterocycles. The first-order valence-electron chi connectivity index (χ1n) is 8.49. The smallest absolute Gasteiger partial charge is 0.342 e. The number of aliphatic hydroxyl groups is 1. The van der Waals surface area contributed by atoms with E-state index in [4.69, 9.17) is 4.74 Å². The predicted molar refractivity (Wildman–Crippen MR) is 95.2 cm³/mol. The summed E-state index contributed by atoms with van der Waals surface area (Å²) >= 11 is 0. The Labute approximate surface area is 156 Å². The number of hydrogen-bond acceptors (Lipinski definition) is 7. The lowest BCUT2D eigenvalue weighted by Gasteiger charge is -2.28. The van der Waals surface area contributed by atoms with Crippen LogP contribution in [0.1, 0.15) is 33.5 Å². The Morgan fingerprint density at radius 2 is 2.04 bits per heavy atom. The lowest BCUT2D eigenvalue weighted by molar-refractivity contribution is -0.392. The molecule has 0 bridgehead atoms. The maximum Gasteiger partial charge on any atom is 0.342 e. The number of carbonyl (C=O) groups is 2. The highest BCUT2D eigenvalue weighted by molar-refractivity contribution is 6.20. The van der Waals surface area contributed by atoms with Crippen molar-refractivity contribution in [2.45, 2.75) is 52.8 Å². The second-order valence-corrected chi connectivity index (χ2v) is 7.33. The lowest BCUT2D eigenvalue weighted by atomic mass is 10.1. The van der Waals surface area contributed by atoms with Crippen molar-refractivity contribution in [1.82, 2.24) is 14.5 Å². The van der Waals surface area contributed by atoms with Crippen LogP contribution in [-0.4, -0.2) is 61.0 Å². The Morgan fingerprint density at radius 3 is 2.56 bits per heavy atom. The zero-order valence-corrected chi connectivity index (χ0v) is 16.1. The number of ketones is 1. The van der Waals surface area contributed by atoms with Crippen LogP contribution in [0, 0.1) is 17.0 Å². The van der Waals surface area contributed by atoms with E-state index < -0.39 is 28.3 Å². The van der Waals surface area contributed by atoms with Gasteiger partial charge >= 0.3 is 5.82 Å². The molecule has 0 aromatic carbocycles. The summed E-state index contributed by atoms with van der Waals surface area (Å²) in [6, 6.07) is -0.821. The zero-order valence-electron chi connectivity index (χ0n) is 16.1. The van der Waals surface area contributed by atoms with Crippen molar-refractivity contribution in [3.63, 3.8) is 0 Å². The maximum absolute atomic E-state index is 12.6. The van der Waals surface area contributed by atoms with Gasteiger partial charge in [-0.05, 0) is 32.6 Å². The number of imidazole rings is 1. The molecule has 10 nitrogen and oxygen atoms in total. The Hall–Kier alpha value is -2.75. The number of ether oxygens (including phenoxy) is 1. The molecular formula is C17H24N4O6. The number of hydrogen-bond donors (Lipinski definition) is 1. The Balaban J connectivity index is 2.25. The molecule has 1 aromatic rings. The molecule has 0 saturated carbocycles. The molecule has 1 amide bonds. The fourth-order valence-electron chi connectivity index (χ4n) is 2.88. The van der Waals surface area contributed by atoms with Crippen LogP contribution in [0.3, 0.4) is 0 Å². The van der Waals surface area contributed by atoms with Crippen LogP contribution in [0.25, 0.3) is 0 Å². The molecule has 0 saturated heterocycles. The minimum absolute atomic E-state index is 0.00283. The van der Waals surface area contributed by atoms with Crippen LogP contribution in [0.4, 0.5) is 5.82 Å². The number of rotatable bonds is 7. The normalized spacial score (nSPS) is 17.7. The third kappa shape index (κ3) is 4.33. The number of nitrogens with zero attached hydrogens (tertiary/aromatic N) is 4. The fraction of sp³-hybridized carbons (Fsp3) is 0.588. The summed E-state index contributed by atoms with van der Waals surface area (Å²) in [5, 5.41) is 21.5. The molecule has 27 heavy (non-hydrogen) atoms. The van der Waals surface area contributed by atoms with Gasteiger partial charge in [-0.3, -0.25) is 9.59 Å². The van der Waals surface area contributed by atoms with Crippen molar-refractivity contribution in [2.24, 2.45) is 0 Å². The van der Waals surface area contributed by atoms with E-state index in [0.29, 0.717) is 5.82 Å². The van der Waals surface area contributed by atoms with Crippen LogP contribution in [-0.2, 0) is 20.9 Å². The van der Waals surface area contributed by atoms with E-state index in [1.807, 2.05) is 20.8 Å². The third-order valence-electron chi connectivity index (χ3n) is 4.23. The molecule has 0 fully saturated rings. The molecule has 1 aliphatic heterocycles. The summed E-state index contributed by atoms with van der Waals surface area (Å²) < 4.78 is 7.06. The third-order valence-corrected chi connectivity index (χ3v) is 4.23. The summed E-state index contributed by atoms with van der Waals surface area (Å²) in [5.74, 6) is -1.23. The lowest BCUT2D eigenvalue weighted by Crippen LogP contribution is -2.42. The van der Waals surface area contributed by atoms with Gasteiger partial charge in [0.1, 0.15) is 30.1 Å². The number of carbonyl (C=O) groups excluding carboxylic acids is 2. The molecule has 148 valence electrons. The second kappa shape index (κ2) is 7.47. The molecule has 0 aliphatic carbocycles. The number of aliphatic hydroxyl groups excluding tert-OH is 1. The highest BCUT2D eigenvalue weighted by Crippen LogP contribution is 2.27. The molecule has 0 spiro atoms. The van der Waals surface area contributed by atoms with Crippen LogP contribution in [0.5, 0.6) is 0 Å². The monoisotopic (exact) mass is 380 g/mol. The van der Waals surface area contributed by atoms with Gasteiger partial charge in [-0.25, -0.2) is 9.55 Å². The van der Waals surface area contributed by atoms with Crippen molar-refractivity contribution >= 4 is 17.5 Å². The van der Waals surface area contributed by atoms with E-state index in [2.05, 4.69) is 4.98 Å². The van der Waals surface area contributed by atoms with Gasteiger partial charge in [0.15, 0.2) is 11.6 Å². The summed E-state index contributed by atoms with van der Waals surface area (Å²) in [4.78, 5) is 40.2. The molecule has 2 rings (SSSR count). The van der Waals surface area contributed by atoms with Crippen LogP contribution < -0.4 is 0 Å². The molecule has 10 heteroatoms. The standard InChI is InChI=1S/C17H24N4O6/c1-10(22)14-15(23)12(9-27-17(3,4)5)20(16(14)24)7-6-19-11(2)18-8-13(19)21(25)26/h8,12,23H,6-7,9H2,1-5H3. The number of aromatic nitrogens is 2. The largest absolute Gasteiger partial charge is 0.509 e. The topological polar surface area (TPSA) is 128 Å². The highest BCUT2D eigenvalue weighted by Gasteiger charge is 2.42. The van der Waals surface area contributed by atoms with Gasteiger partial charge in [0.05, 0.1) is 18.8 Å². The van der Waals surface area contributed by atoms with Crippen molar-refractivity contribution in [2.75, 3.05) is 13.2 Å². The molecule has 0 radical (unpaired) electrons. The van der Waals surface area contributed by atoms with Gasteiger partial charge in [0, 0.05) is 6.92 Å². The summed E-state index contributed by atoms with van der Waals surface area (Å²) in [5.41, 5.74) is -0.775. The number of amides is 1. The van der Waals surface area contributed by atoms with Crippen LogP contribution >= 0.6 is 0 Å². The molecule has 1 atom stereocenters. The van der Waals surface area contributed by atoms with Gasteiger partial charge < -0.3 is 24.9 Å². The summed E-state index contributed by atoms with van der Waals surface area (Å²) in [7, 11) is 0. The molecular weight excluding hydrogens is 356 g/mol. The van der Waals surface area contributed by atoms with Crippen molar-refractivity contribution in [1.29, 1.82) is 0 Å². The maximum atomic E-state index is 12.6. The average Bonchev–Trinajstić information content (AvgIpc) is 3.00. The molecule has 1 N–H and O–H groups in total. The summed E-state index contributed by atoms with van der Waals surface area (Å²) in [6.07, 6.45) is 1.15. The molecule has 1 aliphatic rings. The van der Waals surface area contributed by atoms with Gasteiger partial charge in [0.2, 0.25) is 0 Å². The minimum atomic E-state index is -0.821. The predicted octanol–water partition coefficient (Wildman–Crippen LogP) is 1.53. The van der Waals surface area contributed by atoms with Gasteiger partial charge in [0.25, 0.3) is 5.91 Å². The van der Waals surface area contributed by atoms with E-state index in [0.717, 1.165) is 6.20 Å². The first-order valence-corrected chi connectivity index (χ1v) is 8.49. The van der Waals surface area contributed by atoms with Crippen molar-refractivity contribution in [3.05, 3.63) is 33.5 Å². The fourth-order valence-corrected chi connectivity index (χ4v) is 2.88. The van der Waals surface area contributed by atoms with Crippen molar-refractivity contribution < 1.29 is 24.4 Å². The van der Waals surface area contributed by atoms with E-state index in [1.165, 1.54) is 16.4 Å². The van der Waals surface area contributed by atoms with Crippen LogP contribution in [0.15, 0.2) is 17.5 Å². The first-order chi connectivity index (χ1) is 12.4. The van der Waals surface area contributed by atoms with E-state index in [9.17, 15) is 24.8 Å². The SMILES string of the molecule is CC(=O)C1=C(O)C(COC(C)(C)C)N(CCn2c([N+](=O)[O-])cnc2C)C1=O. The molecule has 1 unspecified atom stereocenters. The average molecular weight is 380 g/mol. The van der Waals surface area contributed by atoms with E-state index >= 15 is 0 Å². The highest BCUT2D eigenvalue weighted by atomic mass is 16.6. The Bertz CT molecular complexity index is 805. The summed E-state index contributed by atoms with van der Waals surface area (Å²) in [6.45, 7) is 8.48. The number of nitro groups is 1.